The minimum atomic E-state index is -1.53. The van der Waals surface area contributed by atoms with Gasteiger partial charge >= 0.3 is 5.97 Å². The van der Waals surface area contributed by atoms with Crippen LogP contribution in [0.4, 0.5) is 8.78 Å². The molecule has 0 heterocycles. The Morgan fingerprint density at radius 1 is 1.24 bits per heavy atom. The molecule has 0 spiro atoms. The van der Waals surface area contributed by atoms with Crippen molar-refractivity contribution in [2.75, 3.05) is 0 Å². The third kappa shape index (κ3) is 2.85. The average molecular weight is 354 g/mol. The monoisotopic (exact) mass is 353 g/mol. The number of carboxylic acid groups (broad SMARTS) is 1. The first-order chi connectivity index (χ1) is 9.95. The molecule has 0 unspecified atom stereocenters. The number of rotatable bonds is 3. The Kier molecular flexibility index (Phi) is 4.19. The van der Waals surface area contributed by atoms with E-state index in [1.807, 2.05) is 0 Å². The van der Waals surface area contributed by atoms with Gasteiger partial charge in [0.05, 0.1) is 10.0 Å². The van der Waals surface area contributed by atoms with Gasteiger partial charge in [-0.25, -0.2) is 13.6 Å². The van der Waals surface area contributed by atoms with Gasteiger partial charge in [0.2, 0.25) is 0 Å². The smallest absolute Gasteiger partial charge is 0.342 e. The molecule has 0 aliphatic heterocycles. The Morgan fingerprint density at radius 3 is 2.57 bits per heavy atom. The molecule has 1 N–H and O–H groups in total. The highest BCUT2D eigenvalue weighted by atomic mass is 79.9. The molecule has 2 aromatic carbocycles. The van der Waals surface area contributed by atoms with Gasteiger partial charge in [-0.1, -0.05) is 6.07 Å². The summed E-state index contributed by atoms with van der Waals surface area (Å²) in [6.07, 6.45) is 0. The van der Waals surface area contributed by atoms with Crippen LogP contribution in [0, 0.1) is 23.0 Å². The highest BCUT2D eigenvalue weighted by molar-refractivity contribution is 9.10. The molecule has 21 heavy (non-hydrogen) atoms. The van der Waals surface area contributed by atoms with Crippen LogP contribution in [-0.4, -0.2) is 11.1 Å². The molecule has 0 aliphatic rings. The lowest BCUT2D eigenvalue weighted by atomic mass is 10.2. The van der Waals surface area contributed by atoms with Crippen LogP contribution in [0.15, 0.2) is 34.8 Å². The Labute approximate surface area is 126 Å². The van der Waals surface area contributed by atoms with E-state index in [1.165, 1.54) is 18.2 Å². The van der Waals surface area contributed by atoms with E-state index < -0.39 is 23.2 Å². The summed E-state index contributed by atoms with van der Waals surface area (Å²) in [4.78, 5) is 11.0. The van der Waals surface area contributed by atoms with Gasteiger partial charge in [-0.3, -0.25) is 0 Å². The van der Waals surface area contributed by atoms with E-state index in [2.05, 4.69) is 15.9 Å². The Bertz CT molecular complexity index is 772. The summed E-state index contributed by atoms with van der Waals surface area (Å²) in [6, 6.07) is 7.63. The topological polar surface area (TPSA) is 70.3 Å². The molecule has 0 fully saturated rings. The molecule has 0 bridgehead atoms. The van der Waals surface area contributed by atoms with Crippen molar-refractivity contribution in [3.8, 4) is 17.6 Å². The van der Waals surface area contributed by atoms with Gasteiger partial charge < -0.3 is 9.84 Å². The second-order valence-electron chi connectivity index (χ2n) is 3.87. The molecule has 7 heteroatoms. The second-order valence-corrected chi connectivity index (χ2v) is 4.66. The predicted octanol–water partition coefficient (Wildman–Crippen LogP) is 4.09. The Balaban J connectivity index is 2.50. The molecule has 2 aromatic rings. The van der Waals surface area contributed by atoms with Gasteiger partial charge in [0.25, 0.3) is 0 Å². The number of carboxylic acids is 1. The normalized spacial score (nSPS) is 10.0. The minimum Gasteiger partial charge on any atom is -0.477 e. The van der Waals surface area contributed by atoms with Crippen molar-refractivity contribution in [3.63, 3.8) is 0 Å². The van der Waals surface area contributed by atoms with Crippen LogP contribution in [-0.2, 0) is 0 Å². The van der Waals surface area contributed by atoms with Crippen molar-refractivity contribution in [1.82, 2.24) is 0 Å². The first-order valence-electron chi connectivity index (χ1n) is 5.53. The first kappa shape index (κ1) is 14.9. The number of hydrogen-bond donors (Lipinski definition) is 1. The fraction of sp³-hybridized carbons (Fsp3) is 0. The quantitative estimate of drug-likeness (QED) is 0.901. The highest BCUT2D eigenvalue weighted by Crippen LogP contribution is 2.33. The summed E-state index contributed by atoms with van der Waals surface area (Å²) in [5.74, 6) is -4.06. The largest absolute Gasteiger partial charge is 0.477 e. The number of nitrogens with zero attached hydrogens (tertiary/aromatic N) is 1. The summed E-state index contributed by atoms with van der Waals surface area (Å²) in [6.45, 7) is 0. The molecule has 0 amide bonds. The van der Waals surface area contributed by atoms with Crippen LogP contribution >= 0.6 is 15.9 Å². The molecule has 0 radical (unpaired) electrons. The molecule has 0 aliphatic carbocycles. The summed E-state index contributed by atoms with van der Waals surface area (Å²) >= 11 is 2.90. The Hall–Kier alpha value is -2.46. The van der Waals surface area contributed by atoms with Crippen LogP contribution in [0.2, 0.25) is 0 Å². The van der Waals surface area contributed by atoms with Crippen molar-refractivity contribution >= 4 is 21.9 Å². The lowest BCUT2D eigenvalue weighted by Crippen LogP contribution is -2.04. The fourth-order valence-corrected chi connectivity index (χ4v) is 2.03. The maximum absolute atomic E-state index is 14.0. The van der Waals surface area contributed by atoms with E-state index in [-0.39, 0.29) is 21.5 Å². The molecule has 4 nitrogen and oxygen atoms in total. The maximum atomic E-state index is 14.0. The number of benzene rings is 2. The van der Waals surface area contributed by atoms with Crippen molar-refractivity contribution in [1.29, 1.82) is 5.26 Å². The lowest BCUT2D eigenvalue weighted by Gasteiger charge is -2.11. The molecular formula is C14H6BrF2NO3. The summed E-state index contributed by atoms with van der Waals surface area (Å²) < 4.78 is 32.5. The summed E-state index contributed by atoms with van der Waals surface area (Å²) in [7, 11) is 0. The zero-order chi connectivity index (χ0) is 15.6. The number of hydrogen-bond acceptors (Lipinski definition) is 3. The maximum Gasteiger partial charge on any atom is 0.342 e. The van der Waals surface area contributed by atoms with Crippen LogP contribution in [0.3, 0.4) is 0 Å². The second kappa shape index (κ2) is 5.89. The summed E-state index contributed by atoms with van der Waals surface area (Å²) in [5.41, 5.74) is -0.644. The van der Waals surface area contributed by atoms with E-state index in [9.17, 15) is 13.6 Å². The van der Waals surface area contributed by atoms with Crippen LogP contribution in [0.1, 0.15) is 15.9 Å². The van der Waals surface area contributed by atoms with Gasteiger partial charge in [-0.2, -0.15) is 5.26 Å². The third-order valence-corrected chi connectivity index (χ3v) is 3.35. The van der Waals surface area contributed by atoms with Crippen molar-refractivity contribution in [2.45, 2.75) is 0 Å². The molecule has 0 aromatic heterocycles. The van der Waals surface area contributed by atoms with Crippen LogP contribution in [0.25, 0.3) is 0 Å². The Morgan fingerprint density at radius 2 is 1.95 bits per heavy atom. The van der Waals surface area contributed by atoms with Crippen molar-refractivity contribution < 1.29 is 23.4 Å². The van der Waals surface area contributed by atoms with E-state index >= 15 is 0 Å². The van der Waals surface area contributed by atoms with Crippen LogP contribution in [0.5, 0.6) is 11.5 Å². The fourth-order valence-electron chi connectivity index (χ4n) is 1.61. The predicted molar refractivity (Wildman–Crippen MR) is 72.2 cm³/mol. The molecule has 2 rings (SSSR count). The molecule has 0 saturated carbocycles. The van der Waals surface area contributed by atoms with Crippen molar-refractivity contribution in [2.24, 2.45) is 0 Å². The number of aromatic carboxylic acids is 1. The van der Waals surface area contributed by atoms with E-state index in [4.69, 9.17) is 15.1 Å². The van der Waals surface area contributed by atoms with Gasteiger partial charge in [0, 0.05) is 0 Å². The van der Waals surface area contributed by atoms with E-state index in [0.717, 1.165) is 12.1 Å². The van der Waals surface area contributed by atoms with Gasteiger partial charge in [0.1, 0.15) is 23.2 Å². The molecule has 0 saturated heterocycles. The van der Waals surface area contributed by atoms with Gasteiger partial charge in [-0.05, 0) is 40.2 Å². The molecule has 0 atom stereocenters. The van der Waals surface area contributed by atoms with Crippen molar-refractivity contribution in [3.05, 3.63) is 57.6 Å². The van der Waals surface area contributed by atoms with E-state index in [0.29, 0.717) is 0 Å². The number of nitriles is 1. The summed E-state index contributed by atoms with van der Waals surface area (Å²) in [5, 5.41) is 17.7. The SMILES string of the molecule is N#Cc1ccc(Oc2cccc(F)c2C(=O)O)c(F)c1Br. The number of halogens is 3. The van der Waals surface area contributed by atoms with E-state index in [1.54, 1.807) is 6.07 Å². The highest BCUT2D eigenvalue weighted by Gasteiger charge is 2.20. The number of carbonyl (C=O) groups is 1. The molecular weight excluding hydrogens is 348 g/mol. The average Bonchev–Trinajstić information content (AvgIpc) is 2.44. The van der Waals surface area contributed by atoms with Gasteiger partial charge in [0.15, 0.2) is 11.6 Å². The first-order valence-corrected chi connectivity index (χ1v) is 6.32. The zero-order valence-electron chi connectivity index (χ0n) is 10.2. The lowest BCUT2D eigenvalue weighted by molar-refractivity contribution is 0.0689. The molecule has 106 valence electrons. The minimum absolute atomic E-state index is 0.0533. The third-order valence-electron chi connectivity index (χ3n) is 2.58. The number of ether oxygens (including phenoxy) is 1. The van der Waals surface area contributed by atoms with Crippen LogP contribution < -0.4 is 4.74 Å². The standard InChI is InChI=1S/C14H6BrF2NO3/c15-12-7(6-18)4-5-10(13(12)17)21-9-3-1-2-8(16)11(9)14(19)20/h1-5H,(H,19,20). The van der Waals surface area contributed by atoms with Gasteiger partial charge in [-0.15, -0.1) is 0 Å². The zero-order valence-corrected chi connectivity index (χ0v) is 11.8.